The number of carbonyl (C=O) groups is 3. The van der Waals surface area contributed by atoms with E-state index in [1.54, 1.807) is 6.92 Å². The molecule has 0 radical (unpaired) electrons. The number of nitrogens with zero attached hydrogens (tertiary/aromatic N) is 1. The Hall–Kier alpha value is -3.47. The molecule has 14 heteroatoms. The summed E-state index contributed by atoms with van der Waals surface area (Å²) in [5, 5.41) is 47.0. The normalized spacial score (nSPS) is 37.4. The fourth-order valence-corrected chi connectivity index (χ4v) is 9.90. The Kier molecular flexibility index (Phi) is 9.14. The van der Waals surface area contributed by atoms with Gasteiger partial charge in [0, 0.05) is 43.4 Å². The number of benzene rings is 2. The molecule has 5 aliphatic rings. The molecule has 2 saturated heterocycles. The van der Waals surface area contributed by atoms with Crippen molar-refractivity contribution < 1.29 is 63.2 Å². The molecule has 2 fully saturated rings. The summed E-state index contributed by atoms with van der Waals surface area (Å²) in [6.45, 7) is 6.54. The number of methoxy groups -OCH3 is 3. The lowest BCUT2D eigenvalue weighted by molar-refractivity contribution is -0.341. The van der Waals surface area contributed by atoms with Crippen molar-refractivity contribution in [2.75, 3.05) is 35.4 Å². The molecule has 2 aromatic carbocycles. The van der Waals surface area contributed by atoms with Gasteiger partial charge in [0.1, 0.15) is 35.2 Å². The zero-order valence-corrected chi connectivity index (χ0v) is 31.5. The molecule has 4 N–H and O–H groups in total. The number of carbonyl (C=O) groups excluding carboxylic acids is 3. The van der Waals surface area contributed by atoms with Crippen LogP contribution >= 0.6 is 0 Å². The molecule has 0 aromatic heterocycles. The summed E-state index contributed by atoms with van der Waals surface area (Å²) in [6, 6.07) is 3.03. The van der Waals surface area contributed by atoms with Gasteiger partial charge in [0.2, 0.25) is 5.78 Å². The van der Waals surface area contributed by atoms with Gasteiger partial charge in [-0.2, -0.15) is 0 Å². The minimum absolute atomic E-state index is 0.0216. The second-order valence-electron chi connectivity index (χ2n) is 16.1. The number of ketones is 2. The Morgan fingerprint density at radius 1 is 0.943 bits per heavy atom. The predicted molar refractivity (Wildman–Crippen MR) is 186 cm³/mol. The third kappa shape index (κ3) is 5.55. The van der Waals surface area contributed by atoms with E-state index >= 15 is 0 Å². The van der Waals surface area contributed by atoms with Gasteiger partial charge in [0.15, 0.2) is 12.1 Å². The highest BCUT2D eigenvalue weighted by molar-refractivity contribution is 6.31. The summed E-state index contributed by atoms with van der Waals surface area (Å²) >= 11 is 0. The van der Waals surface area contributed by atoms with Crippen molar-refractivity contribution >= 4 is 17.5 Å². The smallest absolute Gasteiger partial charge is 0.316 e. The summed E-state index contributed by atoms with van der Waals surface area (Å²) in [4.78, 5) is 44.9. The largest absolute Gasteiger partial charge is 0.507 e. The van der Waals surface area contributed by atoms with Crippen LogP contribution in [0.5, 0.6) is 11.5 Å². The molecule has 0 amide bonds. The molecule has 3 aliphatic heterocycles. The number of aromatic hydroxyl groups is 2. The predicted octanol–water partition coefficient (Wildman–Crippen LogP) is 2.75. The Morgan fingerprint density at radius 2 is 1.62 bits per heavy atom. The summed E-state index contributed by atoms with van der Waals surface area (Å²) < 4.78 is 35.3. The number of ether oxygens (including phenoxy) is 6. The summed E-state index contributed by atoms with van der Waals surface area (Å²) in [5.41, 5.74) is -3.86. The molecule has 0 spiro atoms. The second-order valence-corrected chi connectivity index (χ2v) is 16.1. The van der Waals surface area contributed by atoms with E-state index in [1.807, 2.05) is 21.0 Å². The van der Waals surface area contributed by atoms with Crippen LogP contribution in [0.15, 0.2) is 12.1 Å². The van der Waals surface area contributed by atoms with Gasteiger partial charge in [-0.3, -0.25) is 14.4 Å². The molecular formula is C39H49NO13. The van der Waals surface area contributed by atoms with Crippen LogP contribution in [0.3, 0.4) is 0 Å². The maximum absolute atomic E-state index is 14.8. The SMILES string of the molecule is COC(=O)[C@@H]1c2cc3c(c(O)c2[C@@H](O[C@@H]2O[C@@H](C)[C@H](OC)[C@@](C)(O)[C@H]2OC)C[C@]1(C)O)C(=O)c1c(O)cc2c(c1C3=O)C[C@H]1C[C@H](N(C)C)C[C@]2(C)O1. The van der Waals surface area contributed by atoms with Crippen molar-refractivity contribution in [3.05, 3.63) is 56.6 Å². The van der Waals surface area contributed by atoms with Crippen LogP contribution in [0, 0.1) is 0 Å². The Labute approximate surface area is 307 Å². The highest BCUT2D eigenvalue weighted by atomic mass is 16.7. The quantitative estimate of drug-likeness (QED) is 0.270. The van der Waals surface area contributed by atoms with Crippen LogP contribution in [0.2, 0.25) is 0 Å². The molecule has 0 unspecified atom stereocenters. The van der Waals surface area contributed by atoms with Gasteiger partial charge in [0.05, 0.1) is 47.8 Å². The fourth-order valence-electron chi connectivity index (χ4n) is 9.90. The van der Waals surface area contributed by atoms with Crippen LogP contribution in [0.25, 0.3) is 0 Å². The maximum atomic E-state index is 14.8. The van der Waals surface area contributed by atoms with E-state index in [2.05, 4.69) is 4.90 Å². The first-order valence-electron chi connectivity index (χ1n) is 17.9. The zero-order chi connectivity index (χ0) is 38.7. The minimum atomic E-state index is -1.85. The van der Waals surface area contributed by atoms with Gasteiger partial charge >= 0.3 is 5.97 Å². The van der Waals surface area contributed by atoms with Crippen molar-refractivity contribution in [3.63, 3.8) is 0 Å². The van der Waals surface area contributed by atoms with E-state index in [4.69, 9.17) is 28.4 Å². The number of rotatable bonds is 6. The number of fused-ring (bicyclic) bond motifs is 8. The van der Waals surface area contributed by atoms with Crippen LogP contribution in [-0.4, -0.2) is 126 Å². The van der Waals surface area contributed by atoms with Crippen molar-refractivity contribution in [2.45, 2.75) is 119 Å². The average Bonchev–Trinajstić information content (AvgIpc) is 3.05. The Bertz CT molecular complexity index is 1890. The van der Waals surface area contributed by atoms with E-state index in [1.165, 1.54) is 40.2 Å². The topological polar surface area (TPSA) is 191 Å². The number of aliphatic hydroxyl groups is 2. The number of phenols is 2. The highest BCUT2D eigenvalue weighted by Crippen LogP contribution is 2.55. The highest BCUT2D eigenvalue weighted by Gasteiger charge is 2.57. The monoisotopic (exact) mass is 739 g/mol. The fraction of sp³-hybridized carbons (Fsp3) is 0.615. The molecule has 0 saturated carbocycles. The van der Waals surface area contributed by atoms with Gasteiger partial charge in [-0.1, -0.05) is 0 Å². The molecule has 288 valence electrons. The van der Waals surface area contributed by atoms with Crippen molar-refractivity contribution in [1.29, 1.82) is 0 Å². The first-order chi connectivity index (χ1) is 24.8. The zero-order valence-electron chi connectivity index (χ0n) is 31.5. The first-order valence-corrected chi connectivity index (χ1v) is 17.9. The van der Waals surface area contributed by atoms with E-state index in [-0.39, 0.29) is 51.9 Å². The summed E-state index contributed by atoms with van der Waals surface area (Å²) in [6.07, 6.45) is -4.06. The molecule has 53 heavy (non-hydrogen) atoms. The van der Waals surface area contributed by atoms with Crippen LogP contribution in [0.1, 0.15) is 113 Å². The van der Waals surface area contributed by atoms with Crippen molar-refractivity contribution in [3.8, 4) is 11.5 Å². The third-order valence-electron chi connectivity index (χ3n) is 12.3. The van der Waals surface area contributed by atoms with Crippen LogP contribution in [0.4, 0.5) is 0 Å². The van der Waals surface area contributed by atoms with E-state index < -0.39 is 82.5 Å². The minimum Gasteiger partial charge on any atom is -0.507 e. The molecular weight excluding hydrogens is 690 g/mol. The van der Waals surface area contributed by atoms with Gasteiger partial charge in [-0.15, -0.1) is 0 Å². The first kappa shape index (κ1) is 37.8. The van der Waals surface area contributed by atoms with Gasteiger partial charge < -0.3 is 53.7 Å². The molecule has 2 aromatic rings. The molecule has 14 nitrogen and oxygen atoms in total. The summed E-state index contributed by atoms with van der Waals surface area (Å²) in [5.74, 6) is -4.70. The Balaban J connectivity index is 1.39. The van der Waals surface area contributed by atoms with Crippen molar-refractivity contribution in [2.24, 2.45) is 0 Å². The average molecular weight is 740 g/mol. The number of hydrogen-bond donors (Lipinski definition) is 4. The molecule has 2 bridgehead atoms. The van der Waals surface area contributed by atoms with Crippen molar-refractivity contribution in [1.82, 2.24) is 4.90 Å². The third-order valence-corrected chi connectivity index (χ3v) is 12.3. The van der Waals surface area contributed by atoms with Crippen LogP contribution < -0.4 is 0 Å². The molecule has 2 aliphatic carbocycles. The second kappa shape index (κ2) is 12.8. The van der Waals surface area contributed by atoms with Crippen LogP contribution in [-0.2, 0) is 45.2 Å². The molecule has 7 rings (SSSR count). The lowest BCUT2D eigenvalue weighted by Gasteiger charge is -2.50. The lowest BCUT2D eigenvalue weighted by atomic mass is 9.67. The Morgan fingerprint density at radius 3 is 2.25 bits per heavy atom. The van der Waals surface area contributed by atoms with Gasteiger partial charge in [-0.25, -0.2) is 0 Å². The number of phenolic OH excluding ortho intramolecular Hbond substituents is 2. The standard InChI is InChI=1S/C39H49NO13/c1-16-33(48-7)39(4,47)34(49-8)36(51-16)52-24-15-37(2,46)29(35(45)50-9)20-12-21-27(31(43)25(20)24)32(44)28-23(41)13-22-19(26(28)30(21)42)11-18-10-17(40(5)6)14-38(22,3)53-18/h12-13,16-18,24,29,33-34,36,41,43,46-47H,10-11,14-15H2,1-9H3/t16-,17-,18+,24-,29-,33-,34-,36-,37-,38-,39+/m0/s1. The lowest BCUT2D eigenvalue weighted by Crippen LogP contribution is -2.66. The number of hydrogen-bond acceptors (Lipinski definition) is 14. The molecule has 11 atom stereocenters. The van der Waals surface area contributed by atoms with Gasteiger partial charge in [0.25, 0.3) is 0 Å². The maximum Gasteiger partial charge on any atom is 0.316 e. The van der Waals surface area contributed by atoms with E-state index in [9.17, 15) is 34.8 Å². The van der Waals surface area contributed by atoms with E-state index in [0.717, 1.165) is 7.11 Å². The number of esters is 1. The molecule has 3 heterocycles. The van der Waals surface area contributed by atoms with E-state index in [0.29, 0.717) is 30.4 Å². The van der Waals surface area contributed by atoms with Gasteiger partial charge in [-0.05, 0) is 89.9 Å². The summed E-state index contributed by atoms with van der Waals surface area (Å²) in [7, 11) is 7.95.